The number of hydrogen-bond acceptors (Lipinski definition) is 4. The van der Waals surface area contributed by atoms with Gasteiger partial charge in [-0.05, 0) is 81.6 Å². The average molecular weight is 676 g/mol. The quantitative estimate of drug-likeness (QED) is 0.199. The minimum atomic E-state index is -0.0550. The molecular weight excluding hydrogens is 668 g/mol. The van der Waals surface area contributed by atoms with E-state index in [1.54, 1.807) is 48.8 Å². The molecule has 0 amide bonds. The maximum absolute atomic E-state index is 11.6. The molecule has 0 aliphatic carbocycles. The van der Waals surface area contributed by atoms with E-state index < -0.39 is 0 Å². The Bertz CT molecular complexity index is 1040. The molecule has 3 radical (unpaired) electrons. The van der Waals surface area contributed by atoms with Gasteiger partial charge < -0.3 is 10.2 Å². The van der Waals surface area contributed by atoms with Gasteiger partial charge in [0, 0.05) is 50.1 Å². The summed E-state index contributed by atoms with van der Waals surface area (Å²) < 4.78 is 1.21. The number of aromatic nitrogens is 2. The summed E-state index contributed by atoms with van der Waals surface area (Å²) in [5.41, 5.74) is 0.888. The van der Waals surface area contributed by atoms with Gasteiger partial charge in [0.25, 0.3) is 0 Å². The van der Waals surface area contributed by atoms with Crippen LogP contribution in [0.5, 0.6) is 11.5 Å². The second-order valence-corrected chi connectivity index (χ2v) is 8.28. The minimum absolute atomic E-state index is 0. The molecule has 0 fully saturated rings. The molecule has 4 nitrogen and oxygen atoms in total. The predicted molar refractivity (Wildman–Crippen MR) is 124 cm³/mol. The number of halogens is 4. The van der Waals surface area contributed by atoms with Crippen molar-refractivity contribution in [2.45, 2.75) is 0 Å². The fraction of sp³-hybridized carbons (Fsp3) is 0. The first-order chi connectivity index (χ1) is 12.4. The topological polar surface area (TPSA) is 71.9 Å². The molecule has 0 bridgehead atoms. The van der Waals surface area contributed by atoms with Gasteiger partial charge in [-0.25, -0.2) is 0 Å². The monoisotopic (exact) mass is 675 g/mol. The number of benzene rings is 2. The van der Waals surface area contributed by atoms with Crippen molar-refractivity contribution in [1.82, 2.24) is 9.97 Å². The smallest absolute Gasteiger partial charge is 0.0649 e. The zero-order valence-electron chi connectivity index (χ0n) is 13.4. The van der Waals surface area contributed by atoms with Gasteiger partial charge in [-0.1, -0.05) is 34.7 Å². The van der Waals surface area contributed by atoms with Crippen molar-refractivity contribution in [2.24, 2.45) is 0 Å². The van der Waals surface area contributed by atoms with E-state index in [-0.39, 0.29) is 31.3 Å². The van der Waals surface area contributed by atoms with Crippen LogP contribution in [0.2, 0.25) is 10.0 Å². The van der Waals surface area contributed by atoms with Crippen molar-refractivity contribution in [2.75, 3.05) is 0 Å². The van der Waals surface area contributed by atoms with Crippen molar-refractivity contribution in [3.8, 4) is 11.5 Å². The summed E-state index contributed by atoms with van der Waals surface area (Å²) in [5.74, 6) is -0.110. The van der Waals surface area contributed by atoms with Crippen LogP contribution in [0.3, 0.4) is 0 Å². The summed E-state index contributed by atoms with van der Waals surface area (Å²) in [6.45, 7) is 0. The van der Waals surface area contributed by atoms with Crippen molar-refractivity contribution < 1.29 is 10.2 Å². The summed E-state index contributed by atoms with van der Waals surface area (Å²) in [6.07, 6.45) is 3.19. The van der Waals surface area contributed by atoms with E-state index in [2.05, 4.69) is 9.97 Å². The molecule has 4 aromatic rings. The first-order valence-electron chi connectivity index (χ1n) is 7.19. The van der Waals surface area contributed by atoms with E-state index in [0.29, 0.717) is 28.2 Å². The van der Waals surface area contributed by atoms with Gasteiger partial charge in [0.15, 0.2) is 0 Å². The number of nitrogens with zero attached hydrogens (tertiary/aromatic N) is 2. The number of rotatable bonds is 0. The normalized spacial score (nSPS) is 10.2. The van der Waals surface area contributed by atoms with Crippen molar-refractivity contribution >= 4 is 110 Å². The largest absolute Gasteiger partial charge is 0.870 e. The zero-order valence-corrected chi connectivity index (χ0v) is 21.7. The Balaban J connectivity index is 0.000000187. The average Bonchev–Trinajstić information content (AvgIpc) is 2.65. The van der Waals surface area contributed by atoms with E-state index in [4.69, 9.17) is 23.2 Å². The van der Waals surface area contributed by atoms with Crippen LogP contribution in [0.15, 0.2) is 48.8 Å². The van der Waals surface area contributed by atoms with Gasteiger partial charge in [0.05, 0.1) is 21.1 Å². The van der Waals surface area contributed by atoms with Crippen LogP contribution in [-0.4, -0.2) is 29.8 Å². The van der Waals surface area contributed by atoms with Gasteiger partial charge in [0.1, 0.15) is 0 Å². The molecule has 0 unspecified atom stereocenters. The van der Waals surface area contributed by atoms with E-state index in [9.17, 15) is 10.2 Å². The molecule has 27 heavy (non-hydrogen) atoms. The third kappa shape index (κ3) is 4.94. The maximum Gasteiger partial charge on any atom is 0.0649 e. The standard InChI is InChI=1S/2C9H5ClINO.Ga/c2*10-6-4-7(11)9(13)8-5(6)2-1-3-12-8;/h2*1-4,13H;/p-2/i;;1-3. The molecule has 0 spiro atoms. The Hall–Kier alpha value is -0.464. The first-order valence-corrected chi connectivity index (χ1v) is 10.1. The molecule has 0 saturated carbocycles. The van der Waals surface area contributed by atoms with Crippen LogP contribution in [-0.2, 0) is 0 Å². The summed E-state index contributed by atoms with van der Waals surface area (Å²) in [6, 6.07) is 10.4. The Labute approximate surface area is 205 Å². The number of fused-ring (bicyclic) bond motifs is 2. The molecule has 2 aromatic heterocycles. The Morgan fingerprint density at radius 1 is 0.741 bits per heavy atom. The van der Waals surface area contributed by atoms with Crippen molar-refractivity contribution in [3.63, 3.8) is 0 Å². The molecule has 2 aromatic carbocycles. The third-order valence-electron chi connectivity index (χ3n) is 3.50. The summed E-state index contributed by atoms with van der Waals surface area (Å²) in [5, 5.41) is 25.7. The van der Waals surface area contributed by atoms with Gasteiger partial charge in [-0.15, -0.1) is 0 Å². The van der Waals surface area contributed by atoms with Crippen LogP contribution in [0.1, 0.15) is 0 Å². The van der Waals surface area contributed by atoms with E-state index in [1.807, 2.05) is 45.2 Å². The second kappa shape index (κ2) is 9.84. The van der Waals surface area contributed by atoms with Crippen molar-refractivity contribution in [3.05, 3.63) is 66.0 Å². The molecule has 0 aliphatic heterocycles. The minimum Gasteiger partial charge on any atom is -0.870 e. The van der Waals surface area contributed by atoms with Gasteiger partial charge >= 0.3 is 0 Å². The molecular formula is C18H8Cl2GaI2N2O2-2. The predicted octanol–water partition coefficient (Wildman–Crippen LogP) is 4.75. The fourth-order valence-corrected chi connectivity index (χ4v) is 4.32. The summed E-state index contributed by atoms with van der Waals surface area (Å²) in [7, 11) is 0. The third-order valence-corrected chi connectivity index (χ3v) is 5.73. The Morgan fingerprint density at radius 3 is 1.48 bits per heavy atom. The summed E-state index contributed by atoms with van der Waals surface area (Å²) in [4.78, 5) is 8.00. The number of pyridine rings is 2. The van der Waals surface area contributed by atoms with Gasteiger partial charge in [-0.2, -0.15) is 0 Å². The Morgan fingerprint density at radius 2 is 1.11 bits per heavy atom. The fourth-order valence-electron chi connectivity index (χ4n) is 2.29. The zero-order chi connectivity index (χ0) is 18.8. The van der Waals surface area contributed by atoms with Crippen LogP contribution in [0.4, 0.5) is 0 Å². The Kier molecular flexibility index (Phi) is 8.31. The van der Waals surface area contributed by atoms with Crippen LogP contribution in [0, 0.1) is 7.14 Å². The van der Waals surface area contributed by atoms with E-state index >= 15 is 0 Å². The molecule has 0 atom stereocenters. The summed E-state index contributed by atoms with van der Waals surface area (Å²) >= 11 is 15.8. The molecule has 9 heteroatoms. The SMILES string of the molecule is [67Ga].[O-]c1c(I)cc(Cl)c2cccnc12.[O-]c1c(I)cc(Cl)c2cccnc12. The van der Waals surface area contributed by atoms with Crippen LogP contribution < -0.4 is 10.2 Å². The number of hydrogen-bond donors (Lipinski definition) is 0. The molecule has 0 aliphatic rings. The van der Waals surface area contributed by atoms with Crippen LogP contribution in [0.25, 0.3) is 21.8 Å². The first kappa shape index (κ1) is 22.8. The maximum atomic E-state index is 11.6. The molecule has 2 heterocycles. The van der Waals surface area contributed by atoms with E-state index in [1.165, 1.54) is 0 Å². The van der Waals surface area contributed by atoms with E-state index in [0.717, 1.165) is 10.8 Å². The molecule has 4 rings (SSSR count). The van der Waals surface area contributed by atoms with Gasteiger partial charge in [0.2, 0.25) is 0 Å². The second-order valence-electron chi connectivity index (χ2n) is 5.14. The molecule has 0 saturated heterocycles. The molecule has 135 valence electrons. The molecule has 0 N–H and O–H groups in total. The van der Waals surface area contributed by atoms with Crippen LogP contribution >= 0.6 is 68.4 Å². The van der Waals surface area contributed by atoms with Crippen molar-refractivity contribution in [1.29, 1.82) is 0 Å². The van der Waals surface area contributed by atoms with Gasteiger partial charge in [-0.3, -0.25) is 9.97 Å².